The number of carbonyl (C=O) groups excluding carboxylic acids is 2. The Kier molecular flexibility index (Phi) is 5.28. The minimum Gasteiger partial charge on any atom is -0.353 e. The van der Waals surface area contributed by atoms with Crippen molar-refractivity contribution in [1.29, 1.82) is 0 Å². The molecule has 0 aliphatic carbocycles. The molecule has 29 heavy (non-hydrogen) atoms. The van der Waals surface area contributed by atoms with E-state index in [1.54, 1.807) is 6.20 Å². The number of hydrogen-bond acceptors (Lipinski definition) is 7. The number of amides is 2. The first-order valence-corrected chi connectivity index (χ1v) is 9.86. The Labute approximate surface area is 169 Å². The fourth-order valence-electron chi connectivity index (χ4n) is 3.69. The number of nitrogens with one attached hydrogen (secondary N) is 2. The number of hydrogen-bond donors (Lipinski definition) is 2. The molecule has 1 unspecified atom stereocenters. The van der Waals surface area contributed by atoms with Crippen LogP contribution in [0.1, 0.15) is 24.2 Å². The summed E-state index contributed by atoms with van der Waals surface area (Å²) in [4.78, 5) is 41.3. The van der Waals surface area contributed by atoms with Crippen LogP contribution in [0.15, 0.2) is 24.4 Å². The monoisotopic (exact) mass is 395 g/mol. The van der Waals surface area contributed by atoms with E-state index < -0.39 is 0 Å². The Hall–Kier alpha value is -3.23. The molecule has 0 aromatic carbocycles. The number of piperazine rings is 1. The van der Waals surface area contributed by atoms with Gasteiger partial charge in [0.2, 0.25) is 11.8 Å². The minimum atomic E-state index is -0.368. The van der Waals surface area contributed by atoms with Crippen LogP contribution in [0.5, 0.6) is 0 Å². The van der Waals surface area contributed by atoms with Gasteiger partial charge in [0.1, 0.15) is 29.3 Å². The highest BCUT2D eigenvalue weighted by Gasteiger charge is 2.32. The molecule has 0 radical (unpaired) electrons. The topological polar surface area (TPSA) is 103 Å². The number of anilines is 3. The molecule has 1 atom stereocenters. The molecule has 152 valence electrons. The lowest BCUT2D eigenvalue weighted by molar-refractivity contribution is -0.134. The molecule has 2 amide bonds. The molecule has 0 bridgehead atoms. The van der Waals surface area contributed by atoms with E-state index in [4.69, 9.17) is 0 Å². The molecular weight excluding hydrogens is 370 g/mol. The second-order valence-electron chi connectivity index (χ2n) is 7.47. The van der Waals surface area contributed by atoms with Crippen molar-refractivity contribution in [2.24, 2.45) is 0 Å². The molecular formula is C20H25N7O2. The molecule has 2 aliphatic rings. The van der Waals surface area contributed by atoms with Crippen molar-refractivity contribution >= 4 is 29.3 Å². The molecule has 4 heterocycles. The number of carbonyl (C=O) groups is 2. The molecule has 0 spiro atoms. The Morgan fingerprint density at radius 2 is 1.93 bits per heavy atom. The Morgan fingerprint density at radius 3 is 2.62 bits per heavy atom. The normalized spacial score (nSPS) is 19.2. The number of aromatic nitrogens is 3. The highest BCUT2D eigenvalue weighted by Crippen LogP contribution is 2.21. The van der Waals surface area contributed by atoms with Crippen LogP contribution < -0.4 is 15.5 Å². The number of nitrogens with zero attached hydrogens (tertiary/aromatic N) is 5. The van der Waals surface area contributed by atoms with E-state index in [-0.39, 0.29) is 17.9 Å². The number of pyridine rings is 1. The molecule has 2 aliphatic heterocycles. The summed E-state index contributed by atoms with van der Waals surface area (Å²) in [6, 6.07) is 5.45. The zero-order valence-corrected chi connectivity index (χ0v) is 16.7. The first-order valence-electron chi connectivity index (χ1n) is 9.86. The van der Waals surface area contributed by atoms with Gasteiger partial charge in [-0.2, -0.15) is 0 Å². The average molecular weight is 395 g/mol. The SMILES string of the molecule is Cc1ccnc(Nc2cc(N3CCN(C(=O)C4CCC(=O)N4)CC3)nc(C)n2)c1. The fraction of sp³-hybridized carbons (Fsp3) is 0.450. The average Bonchev–Trinajstić information content (AvgIpc) is 3.13. The fourth-order valence-corrected chi connectivity index (χ4v) is 3.69. The van der Waals surface area contributed by atoms with Crippen LogP contribution in [0.2, 0.25) is 0 Å². The van der Waals surface area contributed by atoms with Crippen LogP contribution in [-0.2, 0) is 9.59 Å². The summed E-state index contributed by atoms with van der Waals surface area (Å²) in [7, 11) is 0. The first-order chi connectivity index (χ1) is 14.0. The second-order valence-corrected chi connectivity index (χ2v) is 7.47. The van der Waals surface area contributed by atoms with E-state index in [1.165, 1.54) is 0 Å². The first kappa shape index (κ1) is 19.1. The van der Waals surface area contributed by atoms with Gasteiger partial charge in [0.05, 0.1) is 0 Å². The summed E-state index contributed by atoms with van der Waals surface area (Å²) in [6.07, 6.45) is 2.78. The van der Waals surface area contributed by atoms with Crippen molar-refractivity contribution in [2.75, 3.05) is 36.4 Å². The van der Waals surface area contributed by atoms with Gasteiger partial charge < -0.3 is 20.4 Å². The van der Waals surface area contributed by atoms with Gasteiger partial charge in [0.15, 0.2) is 0 Å². The molecule has 4 rings (SSSR count). The van der Waals surface area contributed by atoms with Gasteiger partial charge in [-0.15, -0.1) is 0 Å². The summed E-state index contributed by atoms with van der Waals surface area (Å²) in [6.45, 7) is 6.46. The summed E-state index contributed by atoms with van der Waals surface area (Å²) < 4.78 is 0. The second kappa shape index (κ2) is 8.02. The summed E-state index contributed by atoms with van der Waals surface area (Å²) in [5, 5.41) is 6.00. The Balaban J connectivity index is 1.41. The summed E-state index contributed by atoms with van der Waals surface area (Å²) >= 11 is 0. The van der Waals surface area contributed by atoms with Gasteiger partial charge in [0.25, 0.3) is 0 Å². The van der Waals surface area contributed by atoms with Gasteiger partial charge in [-0.05, 0) is 38.0 Å². The van der Waals surface area contributed by atoms with Gasteiger partial charge in [-0.25, -0.2) is 15.0 Å². The third-order valence-electron chi connectivity index (χ3n) is 5.20. The molecule has 2 fully saturated rings. The zero-order chi connectivity index (χ0) is 20.4. The quantitative estimate of drug-likeness (QED) is 0.801. The zero-order valence-electron chi connectivity index (χ0n) is 16.7. The Morgan fingerprint density at radius 1 is 1.14 bits per heavy atom. The van der Waals surface area contributed by atoms with Crippen LogP contribution >= 0.6 is 0 Å². The van der Waals surface area contributed by atoms with E-state index in [9.17, 15) is 9.59 Å². The van der Waals surface area contributed by atoms with Crippen LogP contribution in [0, 0.1) is 13.8 Å². The van der Waals surface area contributed by atoms with Crippen molar-refractivity contribution < 1.29 is 9.59 Å². The minimum absolute atomic E-state index is 0.0160. The van der Waals surface area contributed by atoms with Crippen molar-refractivity contribution in [1.82, 2.24) is 25.2 Å². The van der Waals surface area contributed by atoms with E-state index in [1.807, 2.05) is 36.9 Å². The van der Waals surface area contributed by atoms with Crippen LogP contribution in [0.4, 0.5) is 17.5 Å². The molecule has 2 aromatic rings. The lowest BCUT2D eigenvalue weighted by Crippen LogP contribution is -2.53. The lowest BCUT2D eigenvalue weighted by atomic mass is 10.2. The van der Waals surface area contributed by atoms with E-state index in [2.05, 4.69) is 30.5 Å². The maximum atomic E-state index is 12.6. The van der Waals surface area contributed by atoms with Gasteiger partial charge in [0, 0.05) is 44.9 Å². The maximum absolute atomic E-state index is 12.6. The summed E-state index contributed by atoms with van der Waals surface area (Å²) in [5.41, 5.74) is 1.12. The van der Waals surface area contributed by atoms with Crippen molar-refractivity contribution in [3.8, 4) is 0 Å². The number of aryl methyl sites for hydroxylation is 2. The maximum Gasteiger partial charge on any atom is 0.245 e. The molecule has 0 saturated carbocycles. The summed E-state index contributed by atoms with van der Waals surface area (Å²) in [5.74, 6) is 2.91. The molecule has 2 saturated heterocycles. The van der Waals surface area contributed by atoms with Crippen LogP contribution in [-0.4, -0.2) is 63.9 Å². The van der Waals surface area contributed by atoms with Crippen molar-refractivity contribution in [3.63, 3.8) is 0 Å². The molecule has 2 N–H and O–H groups in total. The number of rotatable bonds is 4. The van der Waals surface area contributed by atoms with Crippen LogP contribution in [0.3, 0.4) is 0 Å². The third-order valence-corrected chi connectivity index (χ3v) is 5.20. The predicted molar refractivity (Wildman–Crippen MR) is 109 cm³/mol. The van der Waals surface area contributed by atoms with E-state index >= 15 is 0 Å². The van der Waals surface area contributed by atoms with Gasteiger partial charge in [-0.3, -0.25) is 9.59 Å². The van der Waals surface area contributed by atoms with E-state index in [0.29, 0.717) is 50.7 Å². The predicted octanol–water partition coefficient (Wildman–Crippen LogP) is 1.16. The third kappa shape index (κ3) is 4.44. The van der Waals surface area contributed by atoms with Gasteiger partial charge >= 0.3 is 0 Å². The van der Waals surface area contributed by atoms with Gasteiger partial charge in [-0.1, -0.05) is 0 Å². The van der Waals surface area contributed by atoms with Crippen molar-refractivity contribution in [2.45, 2.75) is 32.7 Å². The molecule has 9 nitrogen and oxygen atoms in total. The Bertz CT molecular complexity index is 925. The lowest BCUT2D eigenvalue weighted by Gasteiger charge is -2.36. The standard InChI is InChI=1S/C20H25N7O2/c1-13-5-6-21-16(11-13)25-17-12-18(23-14(2)22-17)26-7-9-27(10-8-26)20(29)15-3-4-19(28)24-15/h5-6,11-12,15H,3-4,7-10H2,1-2H3,(H,24,28)(H,21,22,23,25). The molecule has 9 heteroatoms. The largest absolute Gasteiger partial charge is 0.353 e. The van der Waals surface area contributed by atoms with E-state index in [0.717, 1.165) is 17.2 Å². The highest BCUT2D eigenvalue weighted by molar-refractivity contribution is 5.90. The smallest absolute Gasteiger partial charge is 0.245 e. The van der Waals surface area contributed by atoms with Crippen LogP contribution in [0.25, 0.3) is 0 Å². The highest BCUT2D eigenvalue weighted by atomic mass is 16.2. The molecule has 2 aromatic heterocycles. The van der Waals surface area contributed by atoms with Crippen molar-refractivity contribution in [3.05, 3.63) is 35.8 Å².